The highest BCUT2D eigenvalue weighted by Gasteiger charge is 2.28. The van der Waals surface area contributed by atoms with Crippen LogP contribution < -0.4 is 5.32 Å². The maximum absolute atomic E-state index is 9.29. The molecule has 1 rings (SSSR count). The lowest BCUT2D eigenvalue weighted by molar-refractivity contribution is 0.135. The van der Waals surface area contributed by atoms with Crippen molar-refractivity contribution >= 4 is 0 Å². The first-order valence-electron chi connectivity index (χ1n) is 6.89. The lowest BCUT2D eigenvalue weighted by atomic mass is 10.2. The minimum atomic E-state index is 0.239. The standard InChI is InChI=1S/C13H28N2O2/c1-3-7-14-12(11-16)6-8-15(9-10-17-2)13-4-5-13/h12-14,16H,3-11H2,1-2H3. The van der Waals surface area contributed by atoms with Gasteiger partial charge in [0.05, 0.1) is 13.2 Å². The highest BCUT2D eigenvalue weighted by molar-refractivity contribution is 4.85. The zero-order chi connectivity index (χ0) is 12.5. The summed E-state index contributed by atoms with van der Waals surface area (Å²) in [4.78, 5) is 2.50. The van der Waals surface area contributed by atoms with Crippen LogP contribution in [-0.2, 0) is 4.74 Å². The van der Waals surface area contributed by atoms with Crippen molar-refractivity contribution in [2.45, 2.75) is 44.7 Å². The second-order valence-corrected chi connectivity index (χ2v) is 4.88. The highest BCUT2D eigenvalue weighted by Crippen LogP contribution is 2.26. The summed E-state index contributed by atoms with van der Waals surface area (Å²) in [5.74, 6) is 0. The lowest BCUT2D eigenvalue weighted by Crippen LogP contribution is -2.38. The van der Waals surface area contributed by atoms with Crippen LogP contribution in [0.2, 0.25) is 0 Å². The minimum Gasteiger partial charge on any atom is -0.395 e. The molecular formula is C13H28N2O2. The number of aliphatic hydroxyl groups is 1. The normalized spacial score (nSPS) is 17.6. The Bertz CT molecular complexity index is 186. The number of ether oxygens (including phenoxy) is 1. The molecule has 2 N–H and O–H groups in total. The van der Waals surface area contributed by atoms with E-state index in [9.17, 15) is 5.11 Å². The molecule has 0 heterocycles. The van der Waals surface area contributed by atoms with E-state index in [0.29, 0.717) is 0 Å². The Kier molecular flexibility index (Phi) is 7.77. The Morgan fingerprint density at radius 3 is 2.71 bits per heavy atom. The number of nitrogens with zero attached hydrogens (tertiary/aromatic N) is 1. The Balaban J connectivity index is 2.18. The average molecular weight is 244 g/mol. The summed E-state index contributed by atoms with van der Waals surface area (Å²) in [7, 11) is 1.75. The molecule has 102 valence electrons. The van der Waals surface area contributed by atoms with Crippen LogP contribution >= 0.6 is 0 Å². The average Bonchev–Trinajstić information content (AvgIpc) is 3.17. The van der Waals surface area contributed by atoms with Crippen molar-refractivity contribution in [3.63, 3.8) is 0 Å². The van der Waals surface area contributed by atoms with Crippen molar-refractivity contribution in [1.29, 1.82) is 0 Å². The van der Waals surface area contributed by atoms with Crippen LogP contribution in [0.5, 0.6) is 0 Å². The van der Waals surface area contributed by atoms with E-state index in [1.54, 1.807) is 7.11 Å². The molecule has 0 aromatic rings. The predicted octanol–water partition coefficient (Wildman–Crippen LogP) is 0.848. The van der Waals surface area contributed by atoms with Gasteiger partial charge in [0.25, 0.3) is 0 Å². The van der Waals surface area contributed by atoms with Crippen molar-refractivity contribution in [2.24, 2.45) is 0 Å². The second kappa shape index (κ2) is 8.86. The Hall–Kier alpha value is -0.160. The molecule has 0 spiro atoms. The zero-order valence-electron chi connectivity index (χ0n) is 11.3. The largest absolute Gasteiger partial charge is 0.395 e. The van der Waals surface area contributed by atoms with E-state index in [0.717, 1.165) is 45.1 Å². The van der Waals surface area contributed by atoms with E-state index >= 15 is 0 Å². The van der Waals surface area contributed by atoms with Crippen LogP contribution in [0, 0.1) is 0 Å². The maximum Gasteiger partial charge on any atom is 0.0589 e. The second-order valence-electron chi connectivity index (χ2n) is 4.88. The molecule has 1 unspecified atom stereocenters. The molecule has 0 amide bonds. The molecule has 4 nitrogen and oxygen atoms in total. The highest BCUT2D eigenvalue weighted by atomic mass is 16.5. The van der Waals surface area contributed by atoms with Crippen molar-refractivity contribution in [3.8, 4) is 0 Å². The molecular weight excluding hydrogens is 216 g/mol. The summed E-state index contributed by atoms with van der Waals surface area (Å²) in [5, 5.41) is 12.7. The summed E-state index contributed by atoms with van der Waals surface area (Å²) < 4.78 is 5.14. The van der Waals surface area contributed by atoms with Gasteiger partial charge in [0, 0.05) is 32.3 Å². The number of rotatable bonds is 11. The van der Waals surface area contributed by atoms with E-state index < -0.39 is 0 Å². The van der Waals surface area contributed by atoms with Gasteiger partial charge in [-0.3, -0.25) is 4.90 Å². The van der Waals surface area contributed by atoms with E-state index in [-0.39, 0.29) is 12.6 Å². The first-order valence-corrected chi connectivity index (χ1v) is 6.89. The minimum absolute atomic E-state index is 0.239. The number of methoxy groups -OCH3 is 1. The molecule has 0 aromatic heterocycles. The van der Waals surface area contributed by atoms with Gasteiger partial charge in [0.15, 0.2) is 0 Å². The molecule has 1 aliphatic carbocycles. The predicted molar refractivity (Wildman–Crippen MR) is 70.3 cm³/mol. The molecule has 0 aromatic carbocycles. The van der Waals surface area contributed by atoms with E-state index in [1.807, 2.05) is 0 Å². The summed E-state index contributed by atoms with van der Waals surface area (Å²) in [5.41, 5.74) is 0. The van der Waals surface area contributed by atoms with Crippen LogP contribution in [0.4, 0.5) is 0 Å². The fraction of sp³-hybridized carbons (Fsp3) is 1.00. The van der Waals surface area contributed by atoms with Gasteiger partial charge >= 0.3 is 0 Å². The molecule has 0 aliphatic heterocycles. The molecule has 0 saturated heterocycles. The number of nitrogens with one attached hydrogen (secondary N) is 1. The zero-order valence-corrected chi connectivity index (χ0v) is 11.3. The molecule has 17 heavy (non-hydrogen) atoms. The first kappa shape index (κ1) is 14.9. The van der Waals surface area contributed by atoms with Crippen LogP contribution in [0.3, 0.4) is 0 Å². The molecule has 1 saturated carbocycles. The molecule has 1 atom stereocenters. The van der Waals surface area contributed by atoms with E-state index in [1.165, 1.54) is 12.8 Å². The Morgan fingerprint density at radius 2 is 2.18 bits per heavy atom. The van der Waals surface area contributed by atoms with E-state index in [4.69, 9.17) is 4.74 Å². The molecule has 0 radical (unpaired) electrons. The van der Waals surface area contributed by atoms with Crippen molar-refractivity contribution in [3.05, 3.63) is 0 Å². The molecule has 1 fully saturated rings. The smallest absolute Gasteiger partial charge is 0.0589 e. The third-order valence-corrected chi connectivity index (χ3v) is 3.31. The maximum atomic E-state index is 9.29. The topological polar surface area (TPSA) is 44.7 Å². The van der Waals surface area contributed by atoms with Crippen LogP contribution in [0.15, 0.2) is 0 Å². The van der Waals surface area contributed by atoms with Crippen LogP contribution in [0.1, 0.15) is 32.6 Å². The van der Waals surface area contributed by atoms with E-state index in [2.05, 4.69) is 17.1 Å². The third kappa shape index (κ3) is 6.36. The quantitative estimate of drug-likeness (QED) is 0.565. The lowest BCUT2D eigenvalue weighted by Gasteiger charge is -2.24. The Morgan fingerprint density at radius 1 is 1.41 bits per heavy atom. The summed E-state index contributed by atoms with van der Waals surface area (Å²) >= 11 is 0. The molecule has 0 bridgehead atoms. The van der Waals surface area contributed by atoms with Gasteiger partial charge in [0.2, 0.25) is 0 Å². The van der Waals surface area contributed by atoms with Crippen molar-refractivity contribution < 1.29 is 9.84 Å². The van der Waals surface area contributed by atoms with Gasteiger partial charge < -0.3 is 15.2 Å². The van der Waals surface area contributed by atoms with Crippen LogP contribution in [-0.4, -0.2) is 62.0 Å². The number of aliphatic hydroxyl groups excluding tert-OH is 1. The monoisotopic (exact) mass is 244 g/mol. The summed E-state index contributed by atoms with van der Waals surface area (Å²) in [6.45, 7) is 6.28. The first-order chi connectivity index (χ1) is 8.31. The van der Waals surface area contributed by atoms with Gasteiger partial charge in [-0.1, -0.05) is 6.92 Å². The SMILES string of the molecule is CCCNC(CO)CCN(CCOC)C1CC1. The summed E-state index contributed by atoms with van der Waals surface area (Å²) in [6.07, 6.45) is 4.80. The van der Waals surface area contributed by atoms with Gasteiger partial charge in [-0.25, -0.2) is 0 Å². The molecule has 1 aliphatic rings. The fourth-order valence-corrected chi connectivity index (χ4v) is 2.05. The summed E-state index contributed by atoms with van der Waals surface area (Å²) in [6, 6.07) is 1.02. The van der Waals surface area contributed by atoms with Crippen LogP contribution in [0.25, 0.3) is 0 Å². The van der Waals surface area contributed by atoms with Gasteiger partial charge in [-0.2, -0.15) is 0 Å². The van der Waals surface area contributed by atoms with Gasteiger partial charge in [0.1, 0.15) is 0 Å². The number of hydrogen-bond donors (Lipinski definition) is 2. The van der Waals surface area contributed by atoms with Gasteiger partial charge in [-0.15, -0.1) is 0 Å². The van der Waals surface area contributed by atoms with Crippen molar-refractivity contribution in [2.75, 3.05) is 40.0 Å². The molecule has 4 heteroatoms. The Labute approximate surface area is 105 Å². The number of hydrogen-bond acceptors (Lipinski definition) is 4. The fourth-order valence-electron chi connectivity index (χ4n) is 2.05. The third-order valence-electron chi connectivity index (χ3n) is 3.31. The van der Waals surface area contributed by atoms with Gasteiger partial charge in [-0.05, 0) is 32.2 Å². The van der Waals surface area contributed by atoms with Crippen molar-refractivity contribution in [1.82, 2.24) is 10.2 Å².